The highest BCUT2D eigenvalue weighted by Gasteiger charge is 2.19. The van der Waals surface area contributed by atoms with Crippen molar-refractivity contribution in [3.8, 4) is 145 Å². The Labute approximate surface area is 577 Å². The first-order chi connectivity index (χ1) is 48.5. The van der Waals surface area contributed by atoms with Gasteiger partial charge in [0.15, 0.2) is 5.82 Å². The van der Waals surface area contributed by atoms with Crippen LogP contribution in [0.25, 0.3) is 186 Å². The predicted octanol–water partition coefficient (Wildman–Crippen LogP) is 26.3. The van der Waals surface area contributed by atoms with E-state index in [9.17, 15) is 0 Å². The van der Waals surface area contributed by atoms with Gasteiger partial charge in [-0.15, -0.1) is 22.7 Å². The van der Waals surface area contributed by atoms with E-state index in [-0.39, 0.29) is 0 Å². The van der Waals surface area contributed by atoms with Gasteiger partial charge >= 0.3 is 0 Å². The van der Waals surface area contributed by atoms with Crippen LogP contribution in [0.15, 0.2) is 358 Å². The van der Waals surface area contributed by atoms with Crippen LogP contribution >= 0.6 is 22.7 Å². The zero-order valence-corrected chi connectivity index (χ0v) is 54.9. The van der Waals surface area contributed by atoms with E-state index in [1.165, 1.54) is 79.3 Å². The summed E-state index contributed by atoms with van der Waals surface area (Å²) in [5.41, 5.74) is 27.2. The zero-order valence-electron chi connectivity index (χ0n) is 53.2. The molecule has 0 fully saturated rings. The SMILES string of the molecule is c1ccc(-c2cc(-c3ccc(-c4ccc(-c5nc(-c6ccccc6)cc(-c6cccc(-c7ccc(-c8cccc(-c9cccc%10c9sc9ccccc9%10)c8)cc7)c6)n5)cc4)c(-c4ccc(-c5cccc(-c6cccc7c6sc6ccccc67)c5)cc4)c3)cc(-c3ccccc3)n2)cc1. The Kier molecular flexibility index (Phi) is 15.0. The molecule has 4 heterocycles. The molecule has 0 unspecified atom stereocenters. The van der Waals surface area contributed by atoms with E-state index in [4.69, 9.17) is 15.0 Å². The van der Waals surface area contributed by atoms with E-state index in [1.54, 1.807) is 0 Å². The van der Waals surface area contributed by atoms with Gasteiger partial charge in [0.25, 0.3) is 0 Å². The minimum atomic E-state index is 0.658. The Hall–Kier alpha value is -12.3. The molecule has 458 valence electrons. The van der Waals surface area contributed by atoms with E-state index in [1.807, 2.05) is 28.7 Å². The van der Waals surface area contributed by atoms with Crippen molar-refractivity contribution in [3.63, 3.8) is 0 Å². The van der Waals surface area contributed by atoms with Crippen LogP contribution in [-0.2, 0) is 0 Å². The zero-order chi connectivity index (χ0) is 64.9. The lowest BCUT2D eigenvalue weighted by atomic mass is 9.89. The quantitative estimate of drug-likeness (QED) is 0.115. The molecule has 0 aliphatic heterocycles. The first-order valence-electron chi connectivity index (χ1n) is 33.2. The maximum atomic E-state index is 5.39. The average molecular weight is 1280 g/mol. The van der Waals surface area contributed by atoms with Crippen molar-refractivity contribution in [1.29, 1.82) is 0 Å². The number of rotatable bonds is 13. The third-order valence-electron chi connectivity index (χ3n) is 19.0. The van der Waals surface area contributed by atoms with E-state index >= 15 is 0 Å². The molecule has 0 aliphatic carbocycles. The fraction of sp³-hybridized carbons (Fsp3) is 0. The Bertz CT molecular complexity index is 5960. The van der Waals surface area contributed by atoms with Crippen LogP contribution < -0.4 is 0 Å². The predicted molar refractivity (Wildman–Crippen MR) is 416 cm³/mol. The molecule has 0 atom stereocenters. The molecule has 18 aromatic rings. The molecule has 18 rings (SSSR count). The molecular weight excluding hydrogens is 1220 g/mol. The van der Waals surface area contributed by atoms with E-state index in [0.29, 0.717) is 5.82 Å². The van der Waals surface area contributed by atoms with Crippen molar-refractivity contribution < 1.29 is 0 Å². The lowest BCUT2D eigenvalue weighted by molar-refractivity contribution is 1.18. The molecule has 0 saturated heterocycles. The molecule has 0 spiro atoms. The first kappa shape index (κ1) is 58.3. The van der Waals surface area contributed by atoms with Gasteiger partial charge in [-0.2, -0.15) is 0 Å². The monoisotopic (exact) mass is 1280 g/mol. The molecule has 0 bridgehead atoms. The Morgan fingerprint density at radius 3 is 0.990 bits per heavy atom. The van der Waals surface area contributed by atoms with Crippen molar-refractivity contribution in [3.05, 3.63) is 358 Å². The van der Waals surface area contributed by atoms with Crippen molar-refractivity contribution in [2.45, 2.75) is 0 Å². The van der Waals surface area contributed by atoms with Crippen LogP contribution in [0.2, 0.25) is 0 Å². The summed E-state index contributed by atoms with van der Waals surface area (Å²) in [6, 6.07) is 129. The smallest absolute Gasteiger partial charge is 0.160 e. The highest BCUT2D eigenvalue weighted by atomic mass is 32.1. The van der Waals surface area contributed by atoms with Crippen LogP contribution in [0, 0.1) is 0 Å². The largest absolute Gasteiger partial charge is 0.248 e. The van der Waals surface area contributed by atoms with Crippen LogP contribution in [-0.4, -0.2) is 15.0 Å². The molecule has 14 aromatic carbocycles. The van der Waals surface area contributed by atoms with Crippen molar-refractivity contribution in [2.75, 3.05) is 0 Å². The molecule has 4 aromatic heterocycles. The van der Waals surface area contributed by atoms with Crippen LogP contribution in [0.1, 0.15) is 0 Å². The maximum Gasteiger partial charge on any atom is 0.160 e. The third-order valence-corrected chi connectivity index (χ3v) is 21.4. The Morgan fingerprint density at radius 1 is 0.163 bits per heavy atom. The summed E-state index contributed by atoms with van der Waals surface area (Å²) in [5.74, 6) is 0.658. The highest BCUT2D eigenvalue weighted by Crippen LogP contribution is 2.45. The summed E-state index contributed by atoms with van der Waals surface area (Å²) in [5, 5.41) is 5.23. The molecule has 0 N–H and O–H groups in total. The standard InChI is InChI=1S/C93H59N3S2/c1-4-19-65(20-5-1)85-57-76(58-86(94-85)66-21-6-2-7-22-66)72-51-52-77(84(56-72)64-45-43-62(44-46-64)70-26-15-29-74(54-70)79-34-18-36-83-81-32-11-13-38-90(81)98-92(79)83)63-47-49-68(50-48-63)93-95-87(67-23-8-3-9-24-67)59-88(96-93)75-30-16-27-71(55-75)61-41-39-60(40-42-61)69-25-14-28-73(53-69)78-33-17-35-82-80-31-10-12-37-89(80)97-91(78)82/h1-59H. The van der Waals surface area contributed by atoms with E-state index < -0.39 is 0 Å². The molecule has 0 aliphatic rings. The number of pyridine rings is 1. The normalized spacial score (nSPS) is 11.5. The number of hydrogen-bond acceptors (Lipinski definition) is 5. The minimum Gasteiger partial charge on any atom is -0.248 e. The Balaban J connectivity index is 0.687. The van der Waals surface area contributed by atoms with Gasteiger partial charge in [0.1, 0.15) is 0 Å². The topological polar surface area (TPSA) is 38.7 Å². The number of nitrogens with zero attached hydrogens (tertiary/aromatic N) is 3. The second-order valence-corrected chi connectivity index (χ2v) is 27.1. The highest BCUT2D eigenvalue weighted by molar-refractivity contribution is 7.26. The molecule has 5 heteroatoms. The summed E-state index contributed by atoms with van der Waals surface area (Å²) >= 11 is 3.74. The summed E-state index contributed by atoms with van der Waals surface area (Å²) in [4.78, 5) is 15.9. The second kappa shape index (κ2) is 25.1. The van der Waals surface area contributed by atoms with Crippen LogP contribution in [0.4, 0.5) is 0 Å². The fourth-order valence-corrected chi connectivity index (χ4v) is 16.4. The summed E-state index contributed by atoms with van der Waals surface area (Å²) in [6.07, 6.45) is 0. The fourth-order valence-electron chi connectivity index (χ4n) is 13.9. The number of thiophene rings is 2. The van der Waals surface area contributed by atoms with Gasteiger partial charge in [-0.3, -0.25) is 0 Å². The van der Waals surface area contributed by atoms with Crippen LogP contribution in [0.5, 0.6) is 0 Å². The van der Waals surface area contributed by atoms with E-state index in [2.05, 4.69) is 352 Å². The van der Waals surface area contributed by atoms with Crippen LogP contribution in [0.3, 0.4) is 0 Å². The average Bonchev–Trinajstić information content (AvgIpc) is 1.56. The minimum absolute atomic E-state index is 0.658. The van der Waals surface area contributed by atoms with Crippen molar-refractivity contribution in [1.82, 2.24) is 15.0 Å². The van der Waals surface area contributed by atoms with Gasteiger partial charge in [0.2, 0.25) is 0 Å². The van der Waals surface area contributed by atoms with Gasteiger partial charge in [0, 0.05) is 68.2 Å². The van der Waals surface area contributed by atoms with Gasteiger partial charge in [-0.05, 0) is 144 Å². The van der Waals surface area contributed by atoms with Gasteiger partial charge in [-0.1, -0.05) is 303 Å². The molecule has 0 radical (unpaired) electrons. The van der Waals surface area contributed by atoms with Crippen molar-refractivity contribution >= 4 is 63.0 Å². The maximum absolute atomic E-state index is 5.39. The molecule has 98 heavy (non-hydrogen) atoms. The van der Waals surface area contributed by atoms with Gasteiger partial charge in [-0.25, -0.2) is 15.0 Å². The molecular formula is C93H59N3S2. The number of fused-ring (bicyclic) bond motifs is 6. The van der Waals surface area contributed by atoms with Gasteiger partial charge in [0.05, 0.1) is 22.8 Å². The lowest BCUT2D eigenvalue weighted by Gasteiger charge is -2.16. The second-order valence-electron chi connectivity index (χ2n) is 25.0. The number of hydrogen-bond donors (Lipinski definition) is 0. The van der Waals surface area contributed by atoms with Crippen molar-refractivity contribution in [2.24, 2.45) is 0 Å². The first-order valence-corrected chi connectivity index (χ1v) is 34.8. The summed E-state index contributed by atoms with van der Waals surface area (Å²) in [6.45, 7) is 0. The third kappa shape index (κ3) is 11.2. The van der Waals surface area contributed by atoms with Gasteiger partial charge < -0.3 is 0 Å². The van der Waals surface area contributed by atoms with E-state index in [0.717, 1.165) is 101 Å². The summed E-state index contributed by atoms with van der Waals surface area (Å²) in [7, 11) is 0. The number of benzene rings is 14. The summed E-state index contributed by atoms with van der Waals surface area (Å²) < 4.78 is 5.26. The lowest BCUT2D eigenvalue weighted by Crippen LogP contribution is -1.96. The Morgan fingerprint density at radius 2 is 0.500 bits per heavy atom. The molecule has 3 nitrogen and oxygen atoms in total. The molecule has 0 amide bonds. The molecule has 0 saturated carbocycles. The number of aromatic nitrogens is 3.